The van der Waals surface area contributed by atoms with Crippen LogP contribution in [0.3, 0.4) is 0 Å². The van der Waals surface area contributed by atoms with Crippen molar-refractivity contribution < 1.29 is 14.3 Å². The highest BCUT2D eigenvalue weighted by Gasteiger charge is 2.31. The second-order valence-corrected chi connectivity index (χ2v) is 6.83. The van der Waals surface area contributed by atoms with Crippen molar-refractivity contribution in [3.63, 3.8) is 0 Å². The van der Waals surface area contributed by atoms with E-state index in [-0.39, 0.29) is 16.3 Å². The molecule has 0 N–H and O–H groups in total. The van der Waals surface area contributed by atoms with Gasteiger partial charge in [-0.2, -0.15) is 0 Å². The van der Waals surface area contributed by atoms with Crippen LogP contribution in [0.15, 0.2) is 54.6 Å². The molecule has 1 atom stereocenters. The Hall–Kier alpha value is -2.27. The van der Waals surface area contributed by atoms with Crippen LogP contribution in [-0.2, 0) is 9.59 Å². The Kier molecular flexibility index (Phi) is 4.67. The van der Waals surface area contributed by atoms with Crippen LogP contribution >= 0.6 is 11.8 Å². The molecule has 3 rings (SSSR count). The standard InChI is InChI=1S/C18H17NO3S/c1-13(20)23-17-11-18(21)19(12-17)14-7-9-16(10-8-14)22-15-5-3-2-4-6-15/h2-10,17H,11-12H2,1H3. The van der Waals surface area contributed by atoms with Gasteiger partial charge in [0.2, 0.25) is 5.91 Å². The van der Waals surface area contributed by atoms with Gasteiger partial charge in [-0.1, -0.05) is 30.0 Å². The van der Waals surface area contributed by atoms with Crippen molar-refractivity contribution in [3.05, 3.63) is 54.6 Å². The average Bonchev–Trinajstić information content (AvgIpc) is 2.89. The summed E-state index contributed by atoms with van der Waals surface area (Å²) in [4.78, 5) is 25.0. The molecule has 1 aliphatic rings. The minimum absolute atomic E-state index is 0.0419. The molecule has 4 nitrogen and oxygen atoms in total. The fourth-order valence-corrected chi connectivity index (χ4v) is 3.48. The zero-order valence-electron chi connectivity index (χ0n) is 12.8. The van der Waals surface area contributed by atoms with Crippen LogP contribution in [0.1, 0.15) is 13.3 Å². The summed E-state index contributed by atoms with van der Waals surface area (Å²) in [5.41, 5.74) is 0.835. The van der Waals surface area contributed by atoms with Crippen LogP contribution in [0.4, 0.5) is 5.69 Å². The topological polar surface area (TPSA) is 46.6 Å². The maximum Gasteiger partial charge on any atom is 0.228 e. The lowest BCUT2D eigenvalue weighted by molar-refractivity contribution is -0.117. The first-order valence-electron chi connectivity index (χ1n) is 7.42. The second kappa shape index (κ2) is 6.87. The van der Waals surface area contributed by atoms with Crippen molar-refractivity contribution >= 4 is 28.5 Å². The SMILES string of the molecule is CC(=O)SC1CC(=O)N(c2ccc(Oc3ccccc3)cc2)C1. The Morgan fingerprint density at radius 1 is 1.09 bits per heavy atom. The van der Waals surface area contributed by atoms with Gasteiger partial charge in [0.25, 0.3) is 0 Å². The summed E-state index contributed by atoms with van der Waals surface area (Å²) in [7, 11) is 0. The minimum atomic E-state index is 0.0419. The molecule has 1 saturated heterocycles. The molecule has 0 radical (unpaired) electrons. The van der Waals surface area contributed by atoms with Crippen molar-refractivity contribution in [3.8, 4) is 11.5 Å². The Morgan fingerprint density at radius 3 is 2.39 bits per heavy atom. The minimum Gasteiger partial charge on any atom is -0.457 e. The van der Waals surface area contributed by atoms with Crippen LogP contribution in [0.5, 0.6) is 11.5 Å². The largest absolute Gasteiger partial charge is 0.457 e. The Balaban J connectivity index is 1.67. The molecule has 0 aliphatic carbocycles. The van der Waals surface area contributed by atoms with Crippen molar-refractivity contribution in [2.45, 2.75) is 18.6 Å². The van der Waals surface area contributed by atoms with Gasteiger partial charge in [-0.25, -0.2) is 0 Å². The smallest absolute Gasteiger partial charge is 0.228 e. The molecule has 1 amide bonds. The number of nitrogens with zero attached hydrogens (tertiary/aromatic N) is 1. The molecule has 1 fully saturated rings. The van der Waals surface area contributed by atoms with Gasteiger partial charge in [-0.3, -0.25) is 9.59 Å². The van der Waals surface area contributed by atoms with Gasteiger partial charge in [0.1, 0.15) is 11.5 Å². The highest BCUT2D eigenvalue weighted by atomic mass is 32.2. The van der Waals surface area contributed by atoms with E-state index in [1.165, 1.54) is 18.7 Å². The second-order valence-electron chi connectivity index (χ2n) is 5.35. The summed E-state index contributed by atoms with van der Waals surface area (Å²) in [6, 6.07) is 17.0. The lowest BCUT2D eigenvalue weighted by Gasteiger charge is -2.17. The maximum atomic E-state index is 12.1. The van der Waals surface area contributed by atoms with Crippen LogP contribution < -0.4 is 9.64 Å². The summed E-state index contributed by atoms with van der Waals surface area (Å²) in [5.74, 6) is 1.55. The lowest BCUT2D eigenvalue weighted by atomic mass is 10.2. The first-order valence-corrected chi connectivity index (χ1v) is 8.30. The van der Waals surface area contributed by atoms with Gasteiger partial charge >= 0.3 is 0 Å². The Bertz CT molecular complexity index is 700. The Morgan fingerprint density at radius 2 is 1.74 bits per heavy atom. The van der Waals surface area contributed by atoms with E-state index >= 15 is 0 Å². The maximum absolute atomic E-state index is 12.1. The Labute approximate surface area is 139 Å². The van der Waals surface area contributed by atoms with Crippen molar-refractivity contribution in [2.75, 3.05) is 11.4 Å². The molecule has 0 spiro atoms. The molecule has 23 heavy (non-hydrogen) atoms. The number of hydrogen-bond acceptors (Lipinski definition) is 4. The molecular formula is C18H17NO3S. The molecule has 0 aromatic heterocycles. The molecule has 0 saturated carbocycles. The van der Waals surface area contributed by atoms with E-state index in [4.69, 9.17) is 4.74 Å². The number of thioether (sulfide) groups is 1. The van der Waals surface area contributed by atoms with Crippen molar-refractivity contribution in [1.29, 1.82) is 0 Å². The van der Waals surface area contributed by atoms with E-state index in [0.29, 0.717) is 13.0 Å². The number of amides is 1. The number of para-hydroxylation sites is 1. The molecule has 118 valence electrons. The number of carbonyl (C=O) groups excluding carboxylic acids is 2. The molecule has 1 heterocycles. The summed E-state index contributed by atoms with van der Waals surface area (Å²) in [6.07, 6.45) is 0.409. The molecule has 2 aromatic carbocycles. The fraction of sp³-hybridized carbons (Fsp3) is 0.222. The number of hydrogen-bond donors (Lipinski definition) is 0. The normalized spacial score (nSPS) is 17.3. The molecule has 5 heteroatoms. The quantitative estimate of drug-likeness (QED) is 0.855. The first kappa shape index (κ1) is 15.6. The fourth-order valence-electron chi connectivity index (χ4n) is 2.56. The third-order valence-corrected chi connectivity index (χ3v) is 4.53. The van der Waals surface area contributed by atoms with Crippen LogP contribution in [0.25, 0.3) is 0 Å². The van der Waals surface area contributed by atoms with Crippen molar-refractivity contribution in [2.24, 2.45) is 0 Å². The first-order chi connectivity index (χ1) is 11.1. The van der Waals surface area contributed by atoms with Gasteiger partial charge in [0.05, 0.1) is 0 Å². The van der Waals surface area contributed by atoms with E-state index in [1.807, 2.05) is 54.6 Å². The zero-order chi connectivity index (χ0) is 16.2. The van der Waals surface area contributed by atoms with Gasteiger partial charge in [0, 0.05) is 30.8 Å². The van der Waals surface area contributed by atoms with Gasteiger partial charge < -0.3 is 9.64 Å². The molecule has 1 aliphatic heterocycles. The highest BCUT2D eigenvalue weighted by molar-refractivity contribution is 8.14. The summed E-state index contributed by atoms with van der Waals surface area (Å²) in [6.45, 7) is 2.11. The third-order valence-electron chi connectivity index (χ3n) is 3.55. The summed E-state index contributed by atoms with van der Waals surface area (Å²) >= 11 is 1.24. The van der Waals surface area contributed by atoms with Crippen LogP contribution in [-0.4, -0.2) is 22.8 Å². The molecule has 1 unspecified atom stereocenters. The number of anilines is 1. The summed E-state index contributed by atoms with van der Waals surface area (Å²) < 4.78 is 5.74. The lowest BCUT2D eigenvalue weighted by Crippen LogP contribution is -2.24. The van der Waals surface area contributed by atoms with Crippen LogP contribution in [0, 0.1) is 0 Å². The van der Waals surface area contributed by atoms with E-state index in [2.05, 4.69) is 0 Å². The van der Waals surface area contributed by atoms with Gasteiger partial charge in [0.15, 0.2) is 5.12 Å². The van der Waals surface area contributed by atoms with E-state index in [9.17, 15) is 9.59 Å². The van der Waals surface area contributed by atoms with Gasteiger partial charge in [-0.05, 0) is 36.4 Å². The predicted octanol–water partition coefficient (Wildman–Crippen LogP) is 3.86. The average molecular weight is 327 g/mol. The predicted molar refractivity (Wildman–Crippen MR) is 92.0 cm³/mol. The number of rotatable bonds is 4. The number of benzene rings is 2. The zero-order valence-corrected chi connectivity index (χ0v) is 13.6. The van der Waals surface area contributed by atoms with Crippen molar-refractivity contribution in [1.82, 2.24) is 0 Å². The molecular weight excluding hydrogens is 310 g/mol. The van der Waals surface area contributed by atoms with Gasteiger partial charge in [-0.15, -0.1) is 0 Å². The third kappa shape index (κ3) is 3.93. The molecule has 2 aromatic rings. The number of carbonyl (C=O) groups is 2. The highest BCUT2D eigenvalue weighted by Crippen LogP contribution is 2.30. The molecule has 0 bridgehead atoms. The van der Waals surface area contributed by atoms with E-state index in [1.54, 1.807) is 4.90 Å². The van der Waals surface area contributed by atoms with Crippen LogP contribution in [0.2, 0.25) is 0 Å². The summed E-state index contributed by atoms with van der Waals surface area (Å²) in [5, 5.41) is 0.0940. The van der Waals surface area contributed by atoms with E-state index < -0.39 is 0 Å². The van der Waals surface area contributed by atoms with E-state index in [0.717, 1.165) is 17.2 Å². The number of ether oxygens (including phenoxy) is 1. The monoisotopic (exact) mass is 327 g/mol.